The number of aryl methyl sites for hydroxylation is 1. The van der Waals surface area contributed by atoms with Crippen LogP contribution in [0.3, 0.4) is 0 Å². The molecule has 8 heteroatoms. The number of amides is 2. The largest absolute Gasteiger partial charge is 0.493 e. The molecule has 134 valence electrons. The number of ether oxygens (including phenoxy) is 2. The van der Waals surface area contributed by atoms with Gasteiger partial charge in [0.05, 0.1) is 25.6 Å². The van der Waals surface area contributed by atoms with Crippen LogP contribution < -0.4 is 14.8 Å². The molecule has 0 aliphatic heterocycles. The van der Waals surface area contributed by atoms with Crippen LogP contribution in [-0.4, -0.2) is 54.8 Å². The van der Waals surface area contributed by atoms with Crippen molar-refractivity contribution >= 4 is 17.5 Å². The number of anilines is 1. The van der Waals surface area contributed by atoms with E-state index in [1.807, 2.05) is 0 Å². The number of methoxy groups -OCH3 is 2. The molecule has 0 saturated heterocycles. The van der Waals surface area contributed by atoms with E-state index in [1.165, 1.54) is 19.1 Å². The van der Waals surface area contributed by atoms with E-state index in [-0.39, 0.29) is 17.5 Å². The van der Waals surface area contributed by atoms with Crippen molar-refractivity contribution < 1.29 is 19.1 Å². The lowest BCUT2D eigenvalue weighted by Gasteiger charge is -2.12. The number of carbonyl (C=O) groups is 2. The molecule has 2 aromatic rings. The summed E-state index contributed by atoms with van der Waals surface area (Å²) in [5.41, 5.74) is 1.64. The van der Waals surface area contributed by atoms with E-state index in [0.29, 0.717) is 28.4 Å². The molecule has 0 saturated carbocycles. The second kappa shape index (κ2) is 7.25. The summed E-state index contributed by atoms with van der Waals surface area (Å²) in [6.07, 6.45) is 0. The van der Waals surface area contributed by atoms with E-state index in [9.17, 15) is 9.59 Å². The second-order valence-corrected chi connectivity index (χ2v) is 5.66. The van der Waals surface area contributed by atoms with Crippen molar-refractivity contribution in [2.24, 2.45) is 7.05 Å². The van der Waals surface area contributed by atoms with Gasteiger partial charge < -0.3 is 19.7 Å². The third-order valence-electron chi connectivity index (χ3n) is 3.83. The van der Waals surface area contributed by atoms with Crippen LogP contribution >= 0.6 is 0 Å². The van der Waals surface area contributed by atoms with Gasteiger partial charge in [-0.05, 0) is 25.1 Å². The van der Waals surface area contributed by atoms with Crippen LogP contribution in [0.2, 0.25) is 0 Å². The van der Waals surface area contributed by atoms with Crippen molar-refractivity contribution in [1.29, 1.82) is 0 Å². The summed E-state index contributed by atoms with van der Waals surface area (Å²) in [5, 5.41) is 6.98. The van der Waals surface area contributed by atoms with Gasteiger partial charge in [-0.25, -0.2) is 0 Å². The van der Waals surface area contributed by atoms with Crippen molar-refractivity contribution in [2.75, 3.05) is 33.6 Å². The topological polar surface area (TPSA) is 85.7 Å². The first kappa shape index (κ1) is 18.3. The van der Waals surface area contributed by atoms with Gasteiger partial charge in [-0.1, -0.05) is 0 Å². The van der Waals surface area contributed by atoms with Gasteiger partial charge >= 0.3 is 0 Å². The third kappa shape index (κ3) is 3.57. The summed E-state index contributed by atoms with van der Waals surface area (Å²) in [6.45, 7) is 1.78. The Balaban J connectivity index is 2.37. The van der Waals surface area contributed by atoms with Crippen LogP contribution in [0.25, 0.3) is 0 Å². The average Bonchev–Trinajstić information content (AvgIpc) is 2.88. The molecule has 8 nitrogen and oxygen atoms in total. The van der Waals surface area contributed by atoms with Gasteiger partial charge in [0.1, 0.15) is 0 Å². The molecular weight excluding hydrogens is 324 g/mol. The number of aromatic nitrogens is 2. The van der Waals surface area contributed by atoms with Gasteiger partial charge in [-0.15, -0.1) is 0 Å². The number of hydrogen-bond donors (Lipinski definition) is 1. The molecule has 2 amide bonds. The molecule has 0 bridgehead atoms. The average molecular weight is 346 g/mol. The molecule has 0 aliphatic carbocycles. The Kier molecular flexibility index (Phi) is 5.31. The maximum Gasteiger partial charge on any atom is 0.276 e. The molecule has 25 heavy (non-hydrogen) atoms. The molecular formula is C17H22N4O4. The fraction of sp³-hybridized carbons (Fsp3) is 0.353. The first-order valence-electron chi connectivity index (χ1n) is 7.58. The highest BCUT2D eigenvalue weighted by atomic mass is 16.5. The van der Waals surface area contributed by atoms with Gasteiger partial charge in [0.2, 0.25) is 0 Å². The summed E-state index contributed by atoms with van der Waals surface area (Å²) in [7, 11) is 8.00. The van der Waals surface area contributed by atoms with Gasteiger partial charge in [-0.2, -0.15) is 5.10 Å². The molecule has 0 spiro atoms. The van der Waals surface area contributed by atoms with Crippen LogP contribution in [-0.2, 0) is 7.05 Å². The Labute approximate surface area is 146 Å². The number of benzene rings is 1. The minimum Gasteiger partial charge on any atom is -0.493 e. The van der Waals surface area contributed by atoms with Crippen molar-refractivity contribution in [1.82, 2.24) is 14.7 Å². The number of nitrogens with zero attached hydrogens (tertiary/aromatic N) is 3. The molecule has 0 radical (unpaired) electrons. The molecule has 0 fully saturated rings. The summed E-state index contributed by atoms with van der Waals surface area (Å²) in [5.74, 6) is 0.318. The lowest BCUT2D eigenvalue weighted by molar-refractivity contribution is 0.0822. The summed E-state index contributed by atoms with van der Waals surface area (Å²) in [4.78, 5) is 26.3. The van der Waals surface area contributed by atoms with Crippen molar-refractivity contribution in [3.8, 4) is 11.5 Å². The number of rotatable bonds is 5. The first-order valence-corrected chi connectivity index (χ1v) is 7.58. The zero-order chi connectivity index (χ0) is 18.7. The molecule has 0 atom stereocenters. The summed E-state index contributed by atoms with van der Waals surface area (Å²) in [6, 6.07) is 4.85. The predicted molar refractivity (Wildman–Crippen MR) is 93.5 cm³/mol. The van der Waals surface area contributed by atoms with Crippen molar-refractivity contribution in [3.63, 3.8) is 0 Å². The van der Waals surface area contributed by atoms with Gasteiger partial charge in [0.15, 0.2) is 17.2 Å². The Morgan fingerprint density at radius 3 is 2.36 bits per heavy atom. The molecule has 1 N–H and O–H groups in total. The summed E-state index contributed by atoms with van der Waals surface area (Å²) < 4.78 is 11.9. The fourth-order valence-corrected chi connectivity index (χ4v) is 2.28. The summed E-state index contributed by atoms with van der Waals surface area (Å²) >= 11 is 0. The minimum atomic E-state index is -0.371. The Morgan fingerprint density at radius 2 is 1.80 bits per heavy atom. The SMILES string of the molecule is COc1ccc(C(=O)Nc2c(C(=O)N(C)C)nn(C)c2C)cc1OC. The van der Waals surface area contributed by atoms with E-state index >= 15 is 0 Å². The van der Waals surface area contributed by atoms with Crippen LogP contribution in [0.15, 0.2) is 18.2 Å². The van der Waals surface area contributed by atoms with Gasteiger partial charge in [0.25, 0.3) is 11.8 Å². The zero-order valence-electron chi connectivity index (χ0n) is 15.2. The lowest BCUT2D eigenvalue weighted by Crippen LogP contribution is -2.24. The molecule has 1 aromatic carbocycles. The highest BCUT2D eigenvalue weighted by molar-refractivity contribution is 6.09. The Bertz CT molecular complexity index is 811. The monoisotopic (exact) mass is 346 g/mol. The number of hydrogen-bond acceptors (Lipinski definition) is 5. The lowest BCUT2D eigenvalue weighted by atomic mass is 10.1. The van der Waals surface area contributed by atoms with Crippen molar-refractivity contribution in [2.45, 2.75) is 6.92 Å². The minimum absolute atomic E-state index is 0.193. The molecule has 1 heterocycles. The van der Waals surface area contributed by atoms with Crippen LogP contribution in [0, 0.1) is 6.92 Å². The smallest absolute Gasteiger partial charge is 0.276 e. The molecule has 0 aliphatic rings. The first-order chi connectivity index (χ1) is 11.8. The van der Waals surface area contributed by atoms with Crippen LogP contribution in [0.5, 0.6) is 11.5 Å². The van der Waals surface area contributed by atoms with E-state index in [0.717, 1.165) is 0 Å². The molecule has 1 aromatic heterocycles. The van der Waals surface area contributed by atoms with Crippen LogP contribution in [0.1, 0.15) is 26.5 Å². The standard InChI is InChI=1S/C17H22N4O4/c1-10-14(15(19-21(10)4)17(23)20(2)3)18-16(22)11-7-8-12(24-5)13(9-11)25-6/h7-9H,1-6H3,(H,18,22). The fourth-order valence-electron chi connectivity index (χ4n) is 2.28. The van der Waals surface area contributed by atoms with E-state index < -0.39 is 0 Å². The van der Waals surface area contributed by atoms with E-state index in [1.54, 1.807) is 50.9 Å². The molecule has 0 unspecified atom stereocenters. The third-order valence-corrected chi connectivity index (χ3v) is 3.83. The zero-order valence-corrected chi connectivity index (χ0v) is 15.2. The van der Waals surface area contributed by atoms with Gasteiger partial charge in [0, 0.05) is 26.7 Å². The predicted octanol–water partition coefficient (Wildman–Crippen LogP) is 1.70. The molecule has 2 rings (SSSR count). The normalized spacial score (nSPS) is 10.3. The highest BCUT2D eigenvalue weighted by Gasteiger charge is 2.23. The number of nitrogens with one attached hydrogen (secondary N) is 1. The maximum atomic E-state index is 12.6. The van der Waals surface area contributed by atoms with Gasteiger partial charge in [-0.3, -0.25) is 14.3 Å². The van der Waals surface area contributed by atoms with Crippen LogP contribution in [0.4, 0.5) is 5.69 Å². The van der Waals surface area contributed by atoms with E-state index in [2.05, 4.69) is 10.4 Å². The highest BCUT2D eigenvalue weighted by Crippen LogP contribution is 2.28. The Morgan fingerprint density at radius 1 is 1.16 bits per heavy atom. The quantitative estimate of drug-likeness (QED) is 0.891. The maximum absolute atomic E-state index is 12.6. The Hall–Kier alpha value is -3.03. The van der Waals surface area contributed by atoms with Crippen molar-refractivity contribution in [3.05, 3.63) is 35.2 Å². The van der Waals surface area contributed by atoms with E-state index in [4.69, 9.17) is 9.47 Å². The second-order valence-electron chi connectivity index (χ2n) is 5.66. The number of carbonyl (C=O) groups excluding carboxylic acids is 2.